The minimum atomic E-state index is -0.371. The summed E-state index contributed by atoms with van der Waals surface area (Å²) in [5.41, 5.74) is 5.90. The lowest BCUT2D eigenvalue weighted by Crippen LogP contribution is -2.57. The molecule has 2 heterocycles. The highest BCUT2D eigenvalue weighted by atomic mass is 35.5. The van der Waals surface area contributed by atoms with E-state index >= 15 is 0 Å². The van der Waals surface area contributed by atoms with E-state index in [2.05, 4.69) is 17.3 Å². The third-order valence-corrected chi connectivity index (χ3v) is 4.71. The molecule has 0 aliphatic carbocycles. The Labute approximate surface area is 135 Å². The molecule has 2 aliphatic rings. The van der Waals surface area contributed by atoms with Gasteiger partial charge in [0.25, 0.3) is 0 Å². The van der Waals surface area contributed by atoms with E-state index in [1.807, 2.05) is 13.8 Å². The molecular weight excluding hydrogens is 297 g/mol. The van der Waals surface area contributed by atoms with Crippen LogP contribution in [-0.4, -0.2) is 42.0 Å². The number of amides is 1. The van der Waals surface area contributed by atoms with Gasteiger partial charge in [-0.2, -0.15) is 0 Å². The summed E-state index contributed by atoms with van der Waals surface area (Å²) < 4.78 is 0. The van der Waals surface area contributed by atoms with Crippen molar-refractivity contribution in [2.24, 2.45) is 11.7 Å². The molecule has 20 heavy (non-hydrogen) atoms. The Morgan fingerprint density at radius 2 is 1.70 bits per heavy atom. The zero-order valence-electron chi connectivity index (χ0n) is 12.7. The molecule has 2 saturated heterocycles. The van der Waals surface area contributed by atoms with Crippen molar-refractivity contribution < 1.29 is 4.79 Å². The first-order chi connectivity index (χ1) is 8.49. The Morgan fingerprint density at radius 3 is 2.15 bits per heavy atom. The zero-order chi connectivity index (χ0) is 13.3. The number of halogens is 2. The molecule has 0 aromatic carbocycles. The van der Waals surface area contributed by atoms with Gasteiger partial charge in [-0.15, -0.1) is 24.8 Å². The number of nitrogens with one attached hydrogen (secondary N) is 1. The second-order valence-corrected chi connectivity index (χ2v) is 6.35. The first-order valence-corrected chi connectivity index (χ1v) is 7.27. The number of carbonyl (C=O) groups is 1. The Bertz CT molecular complexity index is 301. The number of fused-ring (bicyclic) bond motifs is 2. The Morgan fingerprint density at radius 1 is 1.20 bits per heavy atom. The molecule has 0 aromatic rings. The van der Waals surface area contributed by atoms with Crippen molar-refractivity contribution in [3.63, 3.8) is 0 Å². The van der Waals surface area contributed by atoms with Gasteiger partial charge >= 0.3 is 0 Å². The van der Waals surface area contributed by atoms with Crippen LogP contribution in [0, 0.1) is 5.92 Å². The summed E-state index contributed by atoms with van der Waals surface area (Å²) >= 11 is 0. The topological polar surface area (TPSA) is 58.4 Å². The molecule has 3 unspecified atom stereocenters. The molecule has 3 N–H and O–H groups in total. The highest BCUT2D eigenvalue weighted by Crippen LogP contribution is 2.32. The monoisotopic (exact) mass is 325 g/mol. The van der Waals surface area contributed by atoms with E-state index in [1.54, 1.807) is 0 Å². The van der Waals surface area contributed by atoms with Crippen molar-refractivity contribution in [3.05, 3.63) is 0 Å². The fourth-order valence-electron chi connectivity index (χ4n) is 3.33. The highest BCUT2D eigenvalue weighted by molar-refractivity contribution is 5.85. The maximum absolute atomic E-state index is 12.0. The third-order valence-electron chi connectivity index (χ3n) is 4.71. The largest absolute Gasteiger partial charge is 0.352 e. The van der Waals surface area contributed by atoms with E-state index in [0.717, 1.165) is 12.8 Å². The van der Waals surface area contributed by atoms with Crippen molar-refractivity contribution in [2.75, 3.05) is 7.05 Å². The van der Waals surface area contributed by atoms with Gasteiger partial charge in [-0.05, 0) is 38.6 Å². The Balaban J connectivity index is 0.00000180. The zero-order valence-corrected chi connectivity index (χ0v) is 14.3. The quantitative estimate of drug-likeness (QED) is 0.833. The van der Waals surface area contributed by atoms with Gasteiger partial charge in [0.05, 0.1) is 6.04 Å². The van der Waals surface area contributed by atoms with Crippen LogP contribution in [0.2, 0.25) is 0 Å². The van der Waals surface area contributed by atoms with Crippen molar-refractivity contribution >= 4 is 30.7 Å². The summed E-state index contributed by atoms with van der Waals surface area (Å²) in [6.45, 7) is 3.99. The number of nitrogens with zero attached hydrogens (tertiary/aromatic N) is 1. The molecule has 6 heteroatoms. The molecule has 0 saturated carbocycles. The second-order valence-electron chi connectivity index (χ2n) is 6.35. The van der Waals surface area contributed by atoms with Gasteiger partial charge in [0.2, 0.25) is 5.91 Å². The van der Waals surface area contributed by atoms with Crippen LogP contribution in [-0.2, 0) is 4.79 Å². The number of piperidine rings is 2. The third kappa shape index (κ3) is 4.48. The van der Waals surface area contributed by atoms with Gasteiger partial charge in [0, 0.05) is 18.1 Å². The molecule has 3 atom stereocenters. The Hall–Kier alpha value is -0.0300. The first-order valence-electron chi connectivity index (χ1n) is 7.27. The van der Waals surface area contributed by atoms with Crippen LogP contribution in [0.3, 0.4) is 0 Å². The van der Waals surface area contributed by atoms with Crippen molar-refractivity contribution in [2.45, 2.75) is 70.1 Å². The summed E-state index contributed by atoms with van der Waals surface area (Å²) in [6.07, 6.45) is 6.06. The fourth-order valence-corrected chi connectivity index (χ4v) is 3.33. The Kier molecular flexibility index (Phi) is 8.41. The average molecular weight is 326 g/mol. The van der Waals surface area contributed by atoms with Crippen LogP contribution in [0.1, 0.15) is 46.0 Å². The minimum Gasteiger partial charge on any atom is -0.352 e. The fraction of sp³-hybridized carbons (Fsp3) is 0.929. The van der Waals surface area contributed by atoms with Gasteiger partial charge in [0.1, 0.15) is 0 Å². The number of rotatable bonds is 3. The van der Waals surface area contributed by atoms with E-state index in [9.17, 15) is 4.79 Å². The first kappa shape index (κ1) is 20.0. The summed E-state index contributed by atoms with van der Waals surface area (Å²) in [5.74, 6) is 0.230. The van der Waals surface area contributed by atoms with Crippen LogP contribution in [0.15, 0.2) is 0 Å². The van der Waals surface area contributed by atoms with Crippen LogP contribution < -0.4 is 11.1 Å². The molecule has 4 nitrogen and oxygen atoms in total. The number of hydrogen-bond donors (Lipinski definition) is 2. The number of hydrogen-bond acceptors (Lipinski definition) is 3. The average Bonchev–Trinajstić information content (AvgIpc) is 2.29. The number of carbonyl (C=O) groups excluding carboxylic acids is 1. The van der Waals surface area contributed by atoms with Crippen LogP contribution in [0.4, 0.5) is 0 Å². The molecule has 2 rings (SSSR count). The minimum absolute atomic E-state index is 0. The van der Waals surface area contributed by atoms with Crippen molar-refractivity contribution in [3.8, 4) is 0 Å². The molecule has 0 spiro atoms. The molecule has 120 valence electrons. The smallest absolute Gasteiger partial charge is 0.237 e. The van der Waals surface area contributed by atoms with E-state index in [4.69, 9.17) is 5.73 Å². The second kappa shape index (κ2) is 8.42. The molecule has 2 fully saturated rings. The summed E-state index contributed by atoms with van der Waals surface area (Å²) in [6, 6.07) is 1.26. The van der Waals surface area contributed by atoms with Crippen molar-refractivity contribution in [1.82, 2.24) is 10.2 Å². The lowest BCUT2D eigenvalue weighted by molar-refractivity contribution is -0.124. The summed E-state index contributed by atoms with van der Waals surface area (Å²) in [5, 5.41) is 3.16. The molecule has 0 aromatic heterocycles. The molecule has 2 bridgehead atoms. The van der Waals surface area contributed by atoms with Crippen molar-refractivity contribution in [1.29, 1.82) is 0 Å². The van der Waals surface area contributed by atoms with Crippen LogP contribution in [0.25, 0.3) is 0 Å². The van der Waals surface area contributed by atoms with Gasteiger partial charge in [-0.1, -0.05) is 20.3 Å². The van der Waals surface area contributed by atoms with Crippen LogP contribution >= 0.6 is 24.8 Å². The molecule has 2 aliphatic heterocycles. The standard InChI is InChI=1S/C14H27N3O.2ClH/c1-9(2)13(15)14(18)16-10-7-11-5-4-6-12(8-10)17(11)3;;/h9-13H,4-8,15H2,1-3H3,(H,16,18);2*1H. The summed E-state index contributed by atoms with van der Waals surface area (Å²) in [7, 11) is 2.23. The lowest BCUT2D eigenvalue weighted by Gasteiger charge is -2.47. The summed E-state index contributed by atoms with van der Waals surface area (Å²) in [4.78, 5) is 14.5. The van der Waals surface area contributed by atoms with Gasteiger partial charge < -0.3 is 16.0 Å². The maximum atomic E-state index is 12.0. The molecule has 0 radical (unpaired) electrons. The highest BCUT2D eigenvalue weighted by Gasteiger charge is 2.36. The van der Waals surface area contributed by atoms with E-state index in [-0.39, 0.29) is 42.7 Å². The molecule has 1 amide bonds. The maximum Gasteiger partial charge on any atom is 0.237 e. The van der Waals surface area contributed by atoms with Crippen LogP contribution in [0.5, 0.6) is 0 Å². The molecular formula is C14H29Cl2N3O. The van der Waals surface area contributed by atoms with Gasteiger partial charge in [-0.25, -0.2) is 0 Å². The van der Waals surface area contributed by atoms with E-state index in [1.165, 1.54) is 19.3 Å². The van der Waals surface area contributed by atoms with E-state index < -0.39 is 0 Å². The predicted molar refractivity (Wildman–Crippen MR) is 87.7 cm³/mol. The number of nitrogens with two attached hydrogens (primary N) is 1. The normalized spacial score (nSPS) is 30.9. The predicted octanol–water partition coefficient (Wildman–Crippen LogP) is 1.94. The SMILES string of the molecule is CC(C)C(N)C(=O)NC1CC2CCCC(C1)N2C.Cl.Cl. The van der Waals surface area contributed by atoms with Gasteiger partial charge in [-0.3, -0.25) is 4.79 Å². The van der Waals surface area contributed by atoms with Gasteiger partial charge in [0.15, 0.2) is 0 Å². The van der Waals surface area contributed by atoms with E-state index in [0.29, 0.717) is 18.1 Å². The lowest BCUT2D eigenvalue weighted by atomic mass is 9.82.